The van der Waals surface area contributed by atoms with Crippen LogP contribution in [0, 0.1) is 0 Å². The predicted octanol–water partition coefficient (Wildman–Crippen LogP) is 2.22. The number of nitrogens with one attached hydrogen (secondary N) is 1. The number of nitrogens with zero attached hydrogens (tertiary/aromatic N) is 2. The molecule has 3 nitrogen and oxygen atoms in total. The molecular weight excluding hydrogens is 174 g/mol. The largest absolute Gasteiger partial charge is 0.333 e. The zero-order valence-corrected chi connectivity index (χ0v) is 9.24. The van der Waals surface area contributed by atoms with Crippen LogP contribution in [0.3, 0.4) is 0 Å². The second-order valence-electron chi connectivity index (χ2n) is 3.66. The summed E-state index contributed by atoms with van der Waals surface area (Å²) >= 11 is 0. The Bertz CT molecular complexity index is 218. The highest BCUT2D eigenvalue weighted by atomic mass is 15.1. The average molecular weight is 195 g/mol. The van der Waals surface area contributed by atoms with E-state index in [1.807, 2.05) is 18.7 Å². The Hall–Kier alpha value is -0.830. The van der Waals surface area contributed by atoms with Crippen LogP contribution in [0.5, 0.6) is 0 Å². The smallest absolute Gasteiger partial charge is 0.0948 e. The van der Waals surface area contributed by atoms with Crippen molar-refractivity contribution in [1.29, 1.82) is 0 Å². The van der Waals surface area contributed by atoms with E-state index in [-0.39, 0.29) is 0 Å². The van der Waals surface area contributed by atoms with E-state index < -0.39 is 0 Å². The van der Waals surface area contributed by atoms with E-state index in [9.17, 15) is 0 Å². The van der Waals surface area contributed by atoms with Gasteiger partial charge in [0, 0.05) is 25.0 Å². The van der Waals surface area contributed by atoms with Crippen LogP contribution in [-0.4, -0.2) is 22.6 Å². The summed E-state index contributed by atoms with van der Waals surface area (Å²) in [7, 11) is 0. The molecule has 14 heavy (non-hydrogen) atoms. The molecule has 3 heteroatoms. The zero-order valence-electron chi connectivity index (χ0n) is 9.24. The minimum Gasteiger partial charge on any atom is -0.333 e. The lowest BCUT2D eigenvalue weighted by Gasteiger charge is -2.18. The first-order chi connectivity index (χ1) is 6.88. The van der Waals surface area contributed by atoms with E-state index in [0.29, 0.717) is 6.04 Å². The van der Waals surface area contributed by atoms with Gasteiger partial charge in [-0.15, -0.1) is 0 Å². The molecule has 0 saturated carbocycles. The van der Waals surface area contributed by atoms with Gasteiger partial charge in [-0.3, -0.25) is 0 Å². The highest BCUT2D eigenvalue weighted by Gasteiger charge is 2.07. The van der Waals surface area contributed by atoms with Crippen molar-refractivity contribution in [1.82, 2.24) is 14.9 Å². The van der Waals surface area contributed by atoms with Gasteiger partial charge in [0.25, 0.3) is 0 Å². The average Bonchev–Trinajstić information content (AvgIpc) is 2.70. The van der Waals surface area contributed by atoms with Gasteiger partial charge in [0.2, 0.25) is 0 Å². The number of hydrogen-bond donors (Lipinski definition) is 1. The minimum atomic E-state index is 0.564. The van der Waals surface area contributed by atoms with E-state index in [1.165, 1.54) is 19.3 Å². The summed E-state index contributed by atoms with van der Waals surface area (Å²) in [6.07, 6.45) is 9.44. The second-order valence-corrected chi connectivity index (χ2v) is 3.66. The molecule has 80 valence electrons. The molecule has 0 radical (unpaired) electrons. The van der Waals surface area contributed by atoms with Gasteiger partial charge in [-0.1, -0.05) is 20.3 Å². The molecule has 0 aliphatic heterocycles. The summed E-state index contributed by atoms with van der Waals surface area (Å²) < 4.78 is 2.20. The molecule has 0 amide bonds. The number of rotatable bonds is 7. The molecule has 1 aromatic rings. The maximum Gasteiger partial charge on any atom is 0.0948 e. The molecule has 0 spiro atoms. The van der Waals surface area contributed by atoms with Crippen LogP contribution in [0.4, 0.5) is 0 Å². The quantitative estimate of drug-likeness (QED) is 0.676. The Morgan fingerprint density at radius 3 is 2.79 bits per heavy atom. The molecule has 1 heterocycles. The van der Waals surface area contributed by atoms with Crippen molar-refractivity contribution in [2.75, 3.05) is 13.1 Å². The molecule has 1 unspecified atom stereocenters. The third-order valence-electron chi connectivity index (χ3n) is 2.38. The summed E-state index contributed by atoms with van der Waals surface area (Å²) in [6.45, 7) is 6.58. The molecule has 1 N–H and O–H groups in total. The first-order valence-corrected chi connectivity index (χ1v) is 5.56. The highest BCUT2D eigenvalue weighted by molar-refractivity contribution is 4.81. The summed E-state index contributed by atoms with van der Waals surface area (Å²) in [6, 6.07) is 0.564. The third-order valence-corrected chi connectivity index (χ3v) is 2.38. The lowest BCUT2D eigenvalue weighted by Crippen LogP contribution is -2.25. The van der Waals surface area contributed by atoms with Crippen LogP contribution in [0.25, 0.3) is 0 Å². The predicted molar refractivity (Wildman–Crippen MR) is 59.3 cm³/mol. The van der Waals surface area contributed by atoms with Crippen LogP contribution in [0.1, 0.15) is 39.2 Å². The van der Waals surface area contributed by atoms with Crippen LogP contribution >= 0.6 is 0 Å². The van der Waals surface area contributed by atoms with Crippen molar-refractivity contribution in [3.8, 4) is 0 Å². The molecule has 1 rings (SSSR count). The number of aromatic nitrogens is 2. The monoisotopic (exact) mass is 195 g/mol. The van der Waals surface area contributed by atoms with Crippen molar-refractivity contribution >= 4 is 0 Å². The van der Waals surface area contributed by atoms with Crippen molar-refractivity contribution in [3.63, 3.8) is 0 Å². The number of imidazole rings is 1. The fourth-order valence-electron chi connectivity index (χ4n) is 1.62. The fraction of sp³-hybridized carbons (Fsp3) is 0.727. The highest BCUT2D eigenvalue weighted by Crippen LogP contribution is 2.11. The summed E-state index contributed by atoms with van der Waals surface area (Å²) in [5, 5.41) is 3.46. The maximum absolute atomic E-state index is 4.09. The van der Waals surface area contributed by atoms with E-state index in [2.05, 4.69) is 28.7 Å². The fourth-order valence-corrected chi connectivity index (χ4v) is 1.62. The molecule has 1 aromatic heterocycles. The summed E-state index contributed by atoms with van der Waals surface area (Å²) in [5.41, 5.74) is 0. The van der Waals surface area contributed by atoms with Gasteiger partial charge in [0.1, 0.15) is 0 Å². The Morgan fingerprint density at radius 2 is 2.21 bits per heavy atom. The first-order valence-electron chi connectivity index (χ1n) is 5.56. The van der Waals surface area contributed by atoms with Gasteiger partial charge in [-0.2, -0.15) is 0 Å². The van der Waals surface area contributed by atoms with Gasteiger partial charge < -0.3 is 9.88 Å². The van der Waals surface area contributed by atoms with Gasteiger partial charge in [-0.05, 0) is 19.4 Å². The molecule has 0 aliphatic rings. The Labute approximate surface area is 86.5 Å². The Morgan fingerprint density at radius 1 is 1.36 bits per heavy atom. The van der Waals surface area contributed by atoms with E-state index in [0.717, 1.165) is 13.1 Å². The van der Waals surface area contributed by atoms with Gasteiger partial charge in [-0.25, -0.2) is 4.98 Å². The van der Waals surface area contributed by atoms with Gasteiger partial charge in [0.05, 0.1) is 6.33 Å². The summed E-state index contributed by atoms with van der Waals surface area (Å²) in [5.74, 6) is 0. The molecule has 0 aliphatic carbocycles. The van der Waals surface area contributed by atoms with Crippen LogP contribution < -0.4 is 5.32 Å². The third kappa shape index (κ3) is 3.50. The second kappa shape index (κ2) is 6.60. The normalized spacial score (nSPS) is 13.0. The maximum atomic E-state index is 4.09. The van der Waals surface area contributed by atoms with Crippen molar-refractivity contribution in [3.05, 3.63) is 18.7 Å². The van der Waals surface area contributed by atoms with Gasteiger partial charge >= 0.3 is 0 Å². The van der Waals surface area contributed by atoms with Crippen LogP contribution in [0.2, 0.25) is 0 Å². The van der Waals surface area contributed by atoms with Crippen LogP contribution in [-0.2, 0) is 0 Å². The molecule has 1 atom stereocenters. The number of hydrogen-bond acceptors (Lipinski definition) is 2. The Kier molecular flexibility index (Phi) is 5.30. The molecular formula is C11H21N3. The molecule has 0 saturated heterocycles. The van der Waals surface area contributed by atoms with E-state index in [4.69, 9.17) is 0 Å². The van der Waals surface area contributed by atoms with Crippen molar-refractivity contribution in [2.45, 2.75) is 39.2 Å². The first kappa shape index (κ1) is 11.2. The molecule has 0 fully saturated rings. The standard InChI is InChI=1S/C11H21N3/c1-3-5-11(9-12-6-4-2)14-8-7-13-10-14/h7-8,10-12H,3-6,9H2,1-2H3. The van der Waals surface area contributed by atoms with E-state index in [1.54, 1.807) is 0 Å². The SMILES string of the molecule is CCCNCC(CCC)n1ccnc1. The Balaban J connectivity index is 2.39. The van der Waals surface area contributed by atoms with Crippen molar-refractivity contribution < 1.29 is 0 Å². The topological polar surface area (TPSA) is 29.9 Å². The molecule has 0 aromatic carbocycles. The zero-order chi connectivity index (χ0) is 10.2. The van der Waals surface area contributed by atoms with E-state index >= 15 is 0 Å². The minimum absolute atomic E-state index is 0.564. The lowest BCUT2D eigenvalue weighted by atomic mass is 10.1. The lowest BCUT2D eigenvalue weighted by molar-refractivity contribution is 0.428. The van der Waals surface area contributed by atoms with Crippen LogP contribution in [0.15, 0.2) is 18.7 Å². The molecule has 0 bridgehead atoms. The van der Waals surface area contributed by atoms with Crippen molar-refractivity contribution in [2.24, 2.45) is 0 Å². The van der Waals surface area contributed by atoms with Gasteiger partial charge in [0.15, 0.2) is 0 Å². The summed E-state index contributed by atoms with van der Waals surface area (Å²) in [4.78, 5) is 4.09.